The number of benzene rings is 2. The van der Waals surface area contributed by atoms with Crippen molar-refractivity contribution in [2.45, 2.75) is 26.8 Å². The van der Waals surface area contributed by atoms with E-state index < -0.39 is 12.0 Å². The van der Waals surface area contributed by atoms with Crippen LogP contribution >= 0.6 is 11.3 Å². The molecule has 0 saturated carbocycles. The molecular weight excluding hydrogens is 544 g/mol. The number of fused-ring (bicyclic) bond motifs is 1. The summed E-state index contributed by atoms with van der Waals surface area (Å²) in [5, 5.41) is 0. The Morgan fingerprint density at radius 3 is 2.44 bits per heavy atom. The molecule has 41 heavy (non-hydrogen) atoms. The van der Waals surface area contributed by atoms with Crippen molar-refractivity contribution in [1.82, 2.24) is 4.57 Å². The standard InChI is InChI=1S/C31H28N2O7S/c1-6-39-30(36)27-17(2)32-31-33(28(27)21-11-13-24(37-4)25(15-21)38-5)29(35)26(41-31)16-22-12-14-23(40-22)20-9-7-19(8-10-20)18(3)34/h7-16,28H,6H2,1-5H3/b26-16-/t28-/m0/s1. The van der Waals surface area contributed by atoms with Gasteiger partial charge in [0.2, 0.25) is 0 Å². The van der Waals surface area contributed by atoms with Crippen LogP contribution in [0.4, 0.5) is 0 Å². The SMILES string of the molecule is CCOC(=O)C1=C(C)N=c2s/c(=C\c3ccc(-c4ccc(C(C)=O)cc4)o3)c(=O)n2[C@H]1c1ccc(OC)c(OC)c1. The number of esters is 1. The predicted octanol–water partition coefficient (Wildman–Crippen LogP) is 4.28. The second-order valence-corrected chi connectivity index (χ2v) is 10.3. The maximum atomic E-state index is 13.9. The van der Waals surface area contributed by atoms with Gasteiger partial charge in [-0.1, -0.05) is 41.7 Å². The minimum atomic E-state index is -0.792. The van der Waals surface area contributed by atoms with Crippen molar-refractivity contribution in [3.8, 4) is 22.8 Å². The number of hydrogen-bond donors (Lipinski definition) is 0. The number of ketones is 1. The Morgan fingerprint density at radius 1 is 1.05 bits per heavy atom. The molecule has 10 heteroatoms. The van der Waals surface area contributed by atoms with Gasteiger partial charge in [0.15, 0.2) is 22.1 Å². The average molecular weight is 573 g/mol. The third-order valence-electron chi connectivity index (χ3n) is 6.72. The van der Waals surface area contributed by atoms with Crippen molar-refractivity contribution >= 4 is 29.2 Å². The topological polar surface area (TPSA) is 109 Å². The van der Waals surface area contributed by atoms with Crippen molar-refractivity contribution in [3.63, 3.8) is 0 Å². The number of carbonyl (C=O) groups excluding carboxylic acids is 2. The molecule has 5 rings (SSSR count). The second kappa shape index (κ2) is 11.4. The van der Waals surface area contributed by atoms with Crippen molar-refractivity contribution in [2.75, 3.05) is 20.8 Å². The molecule has 0 bridgehead atoms. The maximum Gasteiger partial charge on any atom is 0.338 e. The summed E-state index contributed by atoms with van der Waals surface area (Å²) >= 11 is 1.20. The summed E-state index contributed by atoms with van der Waals surface area (Å²) < 4.78 is 24.1. The van der Waals surface area contributed by atoms with Gasteiger partial charge in [-0.05, 0) is 50.6 Å². The summed E-state index contributed by atoms with van der Waals surface area (Å²) in [4.78, 5) is 43.6. The molecule has 2 aromatic heterocycles. The molecule has 0 unspecified atom stereocenters. The first-order valence-corrected chi connectivity index (χ1v) is 13.7. The third kappa shape index (κ3) is 5.26. The van der Waals surface area contributed by atoms with Gasteiger partial charge in [0.05, 0.1) is 42.7 Å². The molecule has 0 spiro atoms. The van der Waals surface area contributed by atoms with E-state index >= 15 is 0 Å². The number of Topliss-reactive ketones (excluding diaryl/α,β-unsaturated/α-hetero) is 1. The van der Waals surface area contributed by atoms with E-state index in [2.05, 4.69) is 4.99 Å². The Bertz CT molecular complexity index is 1860. The zero-order chi connectivity index (χ0) is 29.3. The predicted molar refractivity (Wildman–Crippen MR) is 154 cm³/mol. The summed E-state index contributed by atoms with van der Waals surface area (Å²) in [6.45, 7) is 5.15. The zero-order valence-electron chi connectivity index (χ0n) is 23.2. The highest BCUT2D eigenvalue weighted by molar-refractivity contribution is 7.07. The number of methoxy groups -OCH3 is 2. The number of carbonyl (C=O) groups is 2. The van der Waals surface area contributed by atoms with Gasteiger partial charge < -0.3 is 18.6 Å². The van der Waals surface area contributed by atoms with Crippen LogP contribution in [0.3, 0.4) is 0 Å². The van der Waals surface area contributed by atoms with Gasteiger partial charge >= 0.3 is 5.97 Å². The zero-order valence-corrected chi connectivity index (χ0v) is 24.0. The Morgan fingerprint density at radius 2 is 1.78 bits per heavy atom. The lowest BCUT2D eigenvalue weighted by Crippen LogP contribution is -2.39. The highest BCUT2D eigenvalue weighted by Gasteiger charge is 2.34. The largest absolute Gasteiger partial charge is 0.493 e. The lowest BCUT2D eigenvalue weighted by atomic mass is 9.95. The number of thiazole rings is 1. The summed E-state index contributed by atoms with van der Waals surface area (Å²) in [7, 11) is 3.06. The van der Waals surface area contributed by atoms with Crippen LogP contribution in [0.1, 0.15) is 48.5 Å². The summed E-state index contributed by atoms with van der Waals surface area (Å²) in [6, 6.07) is 15.2. The molecule has 1 atom stereocenters. The normalized spacial score (nSPS) is 14.9. The van der Waals surface area contributed by atoms with Gasteiger partial charge in [0.25, 0.3) is 5.56 Å². The van der Waals surface area contributed by atoms with E-state index in [0.717, 1.165) is 5.56 Å². The van der Waals surface area contributed by atoms with Gasteiger partial charge in [-0.25, -0.2) is 9.79 Å². The quantitative estimate of drug-likeness (QED) is 0.229. The number of aromatic nitrogens is 1. The fourth-order valence-electron chi connectivity index (χ4n) is 4.71. The van der Waals surface area contributed by atoms with Crippen LogP contribution < -0.4 is 24.4 Å². The van der Waals surface area contributed by atoms with Crippen molar-refractivity contribution < 1.29 is 28.2 Å². The Labute approximate surface area is 239 Å². The van der Waals surface area contributed by atoms with Crippen LogP contribution in [0.15, 0.2) is 80.1 Å². The minimum absolute atomic E-state index is 0.0141. The van der Waals surface area contributed by atoms with Gasteiger partial charge in [-0.15, -0.1) is 0 Å². The van der Waals surface area contributed by atoms with E-state index in [4.69, 9.17) is 18.6 Å². The molecule has 1 aliphatic heterocycles. The molecular formula is C31H28N2O7S. The summed E-state index contributed by atoms with van der Waals surface area (Å²) in [5.41, 5.74) is 2.47. The number of ether oxygens (including phenoxy) is 3. The van der Waals surface area contributed by atoms with E-state index in [1.807, 2.05) is 12.1 Å². The molecule has 0 amide bonds. The van der Waals surface area contributed by atoms with Crippen LogP contribution in [0.2, 0.25) is 0 Å². The smallest absolute Gasteiger partial charge is 0.338 e. The van der Waals surface area contributed by atoms with E-state index in [9.17, 15) is 14.4 Å². The van der Waals surface area contributed by atoms with E-state index in [0.29, 0.717) is 49.2 Å². The first kappa shape index (κ1) is 27.9. The van der Waals surface area contributed by atoms with Crippen LogP contribution in [0.5, 0.6) is 11.5 Å². The molecule has 1 aliphatic rings. The van der Waals surface area contributed by atoms with Gasteiger partial charge in [0.1, 0.15) is 11.5 Å². The lowest BCUT2D eigenvalue weighted by Gasteiger charge is -2.25. The molecule has 9 nitrogen and oxygen atoms in total. The molecule has 0 radical (unpaired) electrons. The van der Waals surface area contributed by atoms with Crippen LogP contribution in [0.25, 0.3) is 17.4 Å². The average Bonchev–Trinajstić information content (AvgIpc) is 3.56. The molecule has 0 saturated heterocycles. The van der Waals surface area contributed by atoms with Crippen molar-refractivity contribution in [2.24, 2.45) is 4.99 Å². The van der Waals surface area contributed by atoms with Crippen molar-refractivity contribution in [3.05, 3.63) is 102 Å². The summed E-state index contributed by atoms with van der Waals surface area (Å²) in [5.74, 6) is 1.50. The Kier molecular flexibility index (Phi) is 7.76. The second-order valence-electron chi connectivity index (χ2n) is 9.25. The Balaban J connectivity index is 1.62. The number of furan rings is 1. The highest BCUT2D eigenvalue weighted by Crippen LogP contribution is 2.36. The van der Waals surface area contributed by atoms with E-state index in [1.165, 1.54) is 37.0 Å². The van der Waals surface area contributed by atoms with Crippen LogP contribution in [0, 0.1) is 0 Å². The monoisotopic (exact) mass is 572 g/mol. The fraction of sp³-hybridized carbons (Fsp3) is 0.226. The van der Waals surface area contributed by atoms with Gasteiger partial charge in [0, 0.05) is 17.2 Å². The maximum absolute atomic E-state index is 13.9. The number of allylic oxidation sites excluding steroid dienone is 1. The molecule has 0 N–H and O–H groups in total. The molecule has 0 fully saturated rings. The first-order valence-electron chi connectivity index (χ1n) is 12.9. The number of hydrogen-bond acceptors (Lipinski definition) is 9. The fourth-order valence-corrected chi connectivity index (χ4v) is 5.74. The van der Waals surface area contributed by atoms with E-state index in [-0.39, 0.29) is 23.5 Å². The molecule has 2 aromatic carbocycles. The van der Waals surface area contributed by atoms with Crippen LogP contribution in [-0.2, 0) is 9.53 Å². The number of nitrogens with zero attached hydrogens (tertiary/aromatic N) is 2. The molecule has 210 valence electrons. The van der Waals surface area contributed by atoms with Crippen molar-refractivity contribution in [1.29, 1.82) is 0 Å². The summed E-state index contributed by atoms with van der Waals surface area (Å²) in [6.07, 6.45) is 1.66. The molecule has 4 aromatic rings. The lowest BCUT2D eigenvalue weighted by molar-refractivity contribution is -0.139. The highest BCUT2D eigenvalue weighted by atomic mass is 32.1. The van der Waals surface area contributed by atoms with E-state index in [1.54, 1.807) is 62.4 Å². The van der Waals surface area contributed by atoms with Gasteiger partial charge in [-0.2, -0.15) is 0 Å². The minimum Gasteiger partial charge on any atom is -0.493 e. The Hall–Kier alpha value is -4.70. The van der Waals surface area contributed by atoms with Gasteiger partial charge in [-0.3, -0.25) is 14.2 Å². The molecule has 3 heterocycles. The molecule has 0 aliphatic carbocycles. The third-order valence-corrected chi connectivity index (χ3v) is 7.70. The number of rotatable bonds is 8. The van der Waals surface area contributed by atoms with Crippen LogP contribution in [-0.4, -0.2) is 37.1 Å². The first-order chi connectivity index (χ1) is 19.7.